The number of carbonyl (C=O) groups excluding carboxylic acids is 2. The lowest BCUT2D eigenvalue weighted by atomic mass is 9.95. The molecule has 0 spiro atoms. The average Bonchev–Trinajstić information content (AvgIpc) is 2.70. The van der Waals surface area contributed by atoms with Crippen LogP contribution in [-0.4, -0.2) is 28.4 Å². The normalized spacial score (nSPS) is 19.2. The highest BCUT2D eigenvalue weighted by Gasteiger charge is 2.31. The first-order valence-electron chi connectivity index (χ1n) is 4.60. The Kier molecular flexibility index (Phi) is 3.11. The summed E-state index contributed by atoms with van der Waals surface area (Å²) in [6, 6.07) is 1.73. The number of ketones is 2. The van der Waals surface area contributed by atoms with Gasteiger partial charge in [-0.1, -0.05) is 0 Å². The monoisotopic (exact) mass is 256 g/mol. The van der Waals surface area contributed by atoms with Crippen molar-refractivity contribution in [1.29, 1.82) is 0 Å². The topological polar surface area (TPSA) is 71.4 Å². The highest BCUT2D eigenvalue weighted by molar-refractivity contribution is 8.01. The first-order valence-corrected chi connectivity index (χ1v) is 6.46. The molecule has 1 N–H and O–H groups in total. The molecule has 84 valence electrons. The maximum Gasteiger partial charge on any atom is 0.372 e. The van der Waals surface area contributed by atoms with Gasteiger partial charge in [0.25, 0.3) is 0 Å². The predicted octanol–water partition coefficient (Wildman–Crippen LogP) is 1.70. The summed E-state index contributed by atoms with van der Waals surface area (Å²) >= 11 is 3.01. The summed E-state index contributed by atoms with van der Waals surface area (Å²) in [7, 11) is 0. The number of Topliss-reactive ketones (excluding diaryl/α,β-unsaturated/α-hetero) is 2. The molecule has 1 unspecified atom stereocenters. The lowest BCUT2D eigenvalue weighted by Gasteiger charge is -2.18. The first-order chi connectivity index (χ1) is 7.59. The zero-order valence-corrected chi connectivity index (χ0v) is 9.77. The Morgan fingerprint density at radius 3 is 2.94 bits per heavy atom. The van der Waals surface area contributed by atoms with Gasteiger partial charge in [0, 0.05) is 23.7 Å². The summed E-state index contributed by atoms with van der Waals surface area (Å²) < 4.78 is 0.962. The maximum absolute atomic E-state index is 11.9. The van der Waals surface area contributed by atoms with Gasteiger partial charge in [-0.15, -0.1) is 23.1 Å². The molecule has 1 aliphatic rings. The minimum absolute atomic E-state index is 0.107. The van der Waals surface area contributed by atoms with Crippen molar-refractivity contribution in [3.8, 4) is 0 Å². The molecular weight excluding hydrogens is 248 g/mol. The Labute approximate surface area is 99.7 Å². The van der Waals surface area contributed by atoms with Gasteiger partial charge in [-0.2, -0.15) is 0 Å². The van der Waals surface area contributed by atoms with E-state index in [0.717, 1.165) is 4.21 Å². The minimum atomic E-state index is -1.46. The van der Waals surface area contributed by atoms with E-state index in [-0.39, 0.29) is 12.2 Å². The second-order valence-electron chi connectivity index (χ2n) is 3.43. The fourth-order valence-electron chi connectivity index (χ4n) is 1.52. The van der Waals surface area contributed by atoms with Crippen molar-refractivity contribution < 1.29 is 19.5 Å². The van der Waals surface area contributed by atoms with Gasteiger partial charge < -0.3 is 5.11 Å². The van der Waals surface area contributed by atoms with E-state index >= 15 is 0 Å². The number of aliphatic carboxylic acids is 1. The largest absolute Gasteiger partial charge is 0.476 e. The molecule has 2 rings (SSSR count). The van der Waals surface area contributed by atoms with Crippen LogP contribution in [0.4, 0.5) is 0 Å². The van der Waals surface area contributed by atoms with Crippen LogP contribution in [-0.2, 0) is 9.59 Å². The second kappa shape index (κ2) is 4.39. The minimum Gasteiger partial charge on any atom is -0.476 e. The number of carboxylic acid groups (broad SMARTS) is 1. The Bertz CT molecular complexity index is 463. The van der Waals surface area contributed by atoms with Crippen LogP contribution in [0.5, 0.6) is 0 Å². The molecule has 1 atom stereocenters. The fourth-order valence-corrected chi connectivity index (χ4v) is 3.74. The SMILES string of the molecule is O=C(O)C(=O)CC1CSc2sccc2C1=O. The molecular formula is C10H8O4S2. The number of carboxylic acids is 1. The second-order valence-corrected chi connectivity index (χ2v) is 5.63. The summed E-state index contributed by atoms with van der Waals surface area (Å²) in [5, 5.41) is 10.3. The zero-order chi connectivity index (χ0) is 11.7. The van der Waals surface area contributed by atoms with Crippen LogP contribution in [0.2, 0.25) is 0 Å². The van der Waals surface area contributed by atoms with Crippen LogP contribution in [0.1, 0.15) is 16.8 Å². The van der Waals surface area contributed by atoms with E-state index < -0.39 is 17.7 Å². The van der Waals surface area contributed by atoms with Crippen molar-refractivity contribution in [1.82, 2.24) is 0 Å². The van der Waals surface area contributed by atoms with Crippen molar-refractivity contribution >= 4 is 40.6 Å². The van der Waals surface area contributed by atoms with E-state index in [1.54, 1.807) is 6.07 Å². The smallest absolute Gasteiger partial charge is 0.372 e. The molecule has 0 saturated carbocycles. The van der Waals surface area contributed by atoms with Gasteiger partial charge in [0.15, 0.2) is 5.78 Å². The van der Waals surface area contributed by atoms with E-state index in [1.165, 1.54) is 23.1 Å². The molecule has 0 bridgehead atoms. The van der Waals surface area contributed by atoms with E-state index in [2.05, 4.69) is 0 Å². The molecule has 16 heavy (non-hydrogen) atoms. The molecule has 1 aliphatic heterocycles. The molecule has 0 aliphatic carbocycles. The Balaban J connectivity index is 2.13. The van der Waals surface area contributed by atoms with E-state index in [1.807, 2.05) is 5.38 Å². The Morgan fingerprint density at radius 1 is 1.50 bits per heavy atom. The van der Waals surface area contributed by atoms with Crippen LogP contribution < -0.4 is 0 Å². The molecule has 1 aromatic heterocycles. The van der Waals surface area contributed by atoms with Crippen molar-refractivity contribution in [2.45, 2.75) is 10.6 Å². The van der Waals surface area contributed by atoms with E-state index in [9.17, 15) is 14.4 Å². The average molecular weight is 256 g/mol. The highest BCUT2D eigenvalue weighted by Crippen LogP contribution is 2.37. The van der Waals surface area contributed by atoms with E-state index in [0.29, 0.717) is 11.3 Å². The summed E-state index contributed by atoms with van der Waals surface area (Å²) in [5.74, 6) is -2.46. The number of thioether (sulfide) groups is 1. The summed E-state index contributed by atoms with van der Waals surface area (Å²) in [4.78, 5) is 33.3. The van der Waals surface area contributed by atoms with Crippen LogP contribution in [0.3, 0.4) is 0 Å². The van der Waals surface area contributed by atoms with Crippen LogP contribution in [0.25, 0.3) is 0 Å². The Hall–Kier alpha value is -1.14. The first kappa shape index (κ1) is 11.3. The molecule has 0 amide bonds. The number of thiophene rings is 1. The third-order valence-corrected chi connectivity index (χ3v) is 4.75. The third kappa shape index (κ3) is 2.03. The van der Waals surface area contributed by atoms with Crippen molar-refractivity contribution in [2.75, 3.05) is 5.75 Å². The lowest BCUT2D eigenvalue weighted by Crippen LogP contribution is -2.26. The van der Waals surface area contributed by atoms with Gasteiger partial charge in [0.1, 0.15) is 0 Å². The van der Waals surface area contributed by atoms with Gasteiger partial charge in [-0.25, -0.2) is 4.79 Å². The summed E-state index contributed by atoms with van der Waals surface area (Å²) in [5.41, 5.74) is 0.629. The van der Waals surface area contributed by atoms with Crippen molar-refractivity contribution in [3.05, 3.63) is 17.0 Å². The number of hydrogen-bond acceptors (Lipinski definition) is 5. The standard InChI is InChI=1S/C10H8O4S2/c11-7(9(13)14)3-5-4-16-10-6(8(5)12)1-2-15-10/h1-2,5H,3-4H2,(H,13,14). The van der Waals surface area contributed by atoms with Gasteiger partial charge >= 0.3 is 5.97 Å². The lowest BCUT2D eigenvalue weighted by molar-refractivity contribution is -0.149. The molecule has 0 fully saturated rings. The maximum atomic E-state index is 11.9. The molecule has 1 aromatic rings. The molecule has 2 heterocycles. The van der Waals surface area contributed by atoms with Crippen LogP contribution in [0.15, 0.2) is 15.7 Å². The molecule has 0 radical (unpaired) electrons. The molecule has 4 nitrogen and oxygen atoms in total. The van der Waals surface area contributed by atoms with E-state index in [4.69, 9.17) is 5.11 Å². The van der Waals surface area contributed by atoms with Crippen LogP contribution in [0, 0.1) is 5.92 Å². The van der Waals surface area contributed by atoms with Gasteiger partial charge in [0.05, 0.1) is 4.21 Å². The fraction of sp³-hybridized carbons (Fsp3) is 0.300. The molecule has 0 aromatic carbocycles. The predicted molar refractivity (Wildman–Crippen MR) is 60.1 cm³/mol. The zero-order valence-electron chi connectivity index (χ0n) is 8.13. The summed E-state index contributed by atoms with van der Waals surface area (Å²) in [6.45, 7) is 0. The van der Waals surface area contributed by atoms with Gasteiger partial charge in [-0.05, 0) is 11.4 Å². The summed E-state index contributed by atoms with van der Waals surface area (Å²) in [6.07, 6.45) is -0.198. The Morgan fingerprint density at radius 2 is 2.25 bits per heavy atom. The molecule has 0 saturated heterocycles. The van der Waals surface area contributed by atoms with Crippen molar-refractivity contribution in [3.63, 3.8) is 0 Å². The van der Waals surface area contributed by atoms with Gasteiger partial charge in [-0.3, -0.25) is 9.59 Å². The molecule has 6 heteroatoms. The quantitative estimate of drug-likeness (QED) is 0.833. The van der Waals surface area contributed by atoms with Crippen molar-refractivity contribution in [2.24, 2.45) is 5.92 Å². The number of rotatable bonds is 3. The number of fused-ring (bicyclic) bond motifs is 1. The third-order valence-electron chi connectivity index (χ3n) is 2.35. The van der Waals surface area contributed by atoms with Crippen LogP contribution >= 0.6 is 23.1 Å². The highest BCUT2D eigenvalue weighted by atomic mass is 32.2. The number of carbonyl (C=O) groups is 3. The van der Waals surface area contributed by atoms with Gasteiger partial charge in [0.2, 0.25) is 5.78 Å². The number of hydrogen-bond donors (Lipinski definition) is 1.